The van der Waals surface area contributed by atoms with E-state index >= 15 is 0 Å². The zero-order valence-corrected chi connectivity index (χ0v) is 16.1. The number of benzene rings is 1. The number of methoxy groups -OCH3 is 1. The third-order valence-corrected chi connectivity index (χ3v) is 6.55. The Bertz CT molecular complexity index is 872. The van der Waals surface area contributed by atoms with E-state index in [0.717, 1.165) is 41.3 Å². The largest absolute Gasteiger partial charge is 0.393 e. The molecule has 26 heavy (non-hydrogen) atoms. The summed E-state index contributed by atoms with van der Waals surface area (Å²) in [5.74, 6) is 0.0220. The summed E-state index contributed by atoms with van der Waals surface area (Å²) in [6.07, 6.45) is 2.63. The first-order chi connectivity index (χ1) is 12.4. The standard InChI is InChI=1S/C21H28N2O3/c1-12-9-13(2)18-16(10-12)14(3)19(22-18)20(25)23-8-7-21(26-4)6-5-15(24)11-17(21)23/h9-10,15,17,22,24H,5-8,11H2,1-4H3/t15?,17?,21-/m1/s1. The van der Waals surface area contributed by atoms with Crippen molar-refractivity contribution >= 4 is 16.8 Å². The number of aromatic amines is 1. The van der Waals surface area contributed by atoms with Crippen LogP contribution in [0.1, 0.15) is 52.9 Å². The van der Waals surface area contributed by atoms with Gasteiger partial charge in [-0.15, -0.1) is 0 Å². The molecular weight excluding hydrogens is 328 g/mol. The van der Waals surface area contributed by atoms with Gasteiger partial charge in [0.05, 0.1) is 17.7 Å². The van der Waals surface area contributed by atoms with Crippen LogP contribution in [-0.4, -0.2) is 52.3 Å². The molecule has 1 aromatic carbocycles. The van der Waals surface area contributed by atoms with Gasteiger partial charge in [-0.2, -0.15) is 0 Å². The third-order valence-electron chi connectivity index (χ3n) is 6.55. The quantitative estimate of drug-likeness (QED) is 0.868. The van der Waals surface area contributed by atoms with Gasteiger partial charge in [-0.05, 0) is 63.6 Å². The summed E-state index contributed by atoms with van der Waals surface area (Å²) in [5, 5.41) is 11.3. The Morgan fingerprint density at radius 2 is 2.08 bits per heavy atom. The molecule has 1 saturated heterocycles. The minimum Gasteiger partial charge on any atom is -0.393 e. The summed E-state index contributed by atoms with van der Waals surface area (Å²) < 4.78 is 5.88. The van der Waals surface area contributed by atoms with Crippen molar-refractivity contribution in [3.8, 4) is 0 Å². The number of ether oxygens (including phenoxy) is 1. The molecule has 2 aromatic rings. The zero-order valence-electron chi connectivity index (χ0n) is 16.1. The van der Waals surface area contributed by atoms with Crippen LogP contribution in [0, 0.1) is 20.8 Å². The minimum atomic E-state index is -0.356. The van der Waals surface area contributed by atoms with Crippen molar-refractivity contribution in [1.29, 1.82) is 0 Å². The number of nitrogens with zero attached hydrogens (tertiary/aromatic N) is 1. The number of fused-ring (bicyclic) bond motifs is 2. The average Bonchev–Trinajstić information content (AvgIpc) is 3.14. The molecular formula is C21H28N2O3. The van der Waals surface area contributed by atoms with Gasteiger partial charge < -0.3 is 19.7 Å². The molecule has 1 aromatic heterocycles. The van der Waals surface area contributed by atoms with Gasteiger partial charge in [0, 0.05) is 24.6 Å². The number of hydrogen-bond acceptors (Lipinski definition) is 3. The zero-order chi connectivity index (χ0) is 18.6. The van der Waals surface area contributed by atoms with Gasteiger partial charge in [0.1, 0.15) is 5.69 Å². The SMILES string of the molecule is CO[C@@]12CCC(O)CC1N(C(=O)c1[nH]c3c(C)cc(C)cc3c1C)CC2. The molecule has 2 aliphatic rings. The van der Waals surface area contributed by atoms with Crippen molar-refractivity contribution in [2.24, 2.45) is 0 Å². The predicted octanol–water partition coefficient (Wildman–Crippen LogP) is 3.24. The smallest absolute Gasteiger partial charge is 0.270 e. The van der Waals surface area contributed by atoms with Gasteiger partial charge in [0.2, 0.25) is 0 Å². The van der Waals surface area contributed by atoms with Gasteiger partial charge in [0.15, 0.2) is 0 Å². The highest BCUT2D eigenvalue weighted by molar-refractivity contribution is 6.02. The van der Waals surface area contributed by atoms with Crippen LogP contribution in [0.25, 0.3) is 10.9 Å². The number of aromatic nitrogens is 1. The molecule has 140 valence electrons. The highest BCUT2D eigenvalue weighted by atomic mass is 16.5. The second-order valence-corrected chi connectivity index (χ2v) is 8.09. The van der Waals surface area contributed by atoms with Crippen molar-refractivity contribution in [3.05, 3.63) is 34.5 Å². The molecule has 0 bridgehead atoms. The van der Waals surface area contributed by atoms with E-state index in [4.69, 9.17) is 4.74 Å². The van der Waals surface area contributed by atoms with Crippen LogP contribution in [-0.2, 0) is 4.74 Å². The van der Waals surface area contributed by atoms with E-state index in [1.165, 1.54) is 5.56 Å². The number of likely N-dealkylation sites (tertiary alicyclic amines) is 1. The van der Waals surface area contributed by atoms with E-state index in [1.54, 1.807) is 7.11 Å². The van der Waals surface area contributed by atoms with Crippen LogP contribution < -0.4 is 0 Å². The van der Waals surface area contributed by atoms with E-state index in [0.29, 0.717) is 18.7 Å². The number of carbonyl (C=O) groups excluding carboxylic acids is 1. The third kappa shape index (κ3) is 2.48. The summed E-state index contributed by atoms with van der Waals surface area (Å²) >= 11 is 0. The summed E-state index contributed by atoms with van der Waals surface area (Å²) in [6.45, 7) is 6.84. The fourth-order valence-electron chi connectivity index (χ4n) is 5.06. The summed E-state index contributed by atoms with van der Waals surface area (Å²) in [6, 6.07) is 4.21. The predicted molar refractivity (Wildman–Crippen MR) is 102 cm³/mol. The molecule has 5 heteroatoms. The first kappa shape index (κ1) is 17.6. The fourth-order valence-corrected chi connectivity index (χ4v) is 5.06. The molecule has 0 radical (unpaired) electrons. The Morgan fingerprint density at radius 1 is 1.31 bits per heavy atom. The van der Waals surface area contributed by atoms with Crippen molar-refractivity contribution in [2.75, 3.05) is 13.7 Å². The van der Waals surface area contributed by atoms with E-state index in [-0.39, 0.29) is 23.7 Å². The molecule has 4 rings (SSSR count). The molecule has 1 aliphatic carbocycles. The molecule has 2 unspecified atom stereocenters. The van der Waals surface area contributed by atoms with Crippen molar-refractivity contribution in [3.63, 3.8) is 0 Å². The molecule has 2 N–H and O–H groups in total. The highest BCUT2D eigenvalue weighted by Gasteiger charge is 2.52. The molecule has 1 saturated carbocycles. The number of amides is 1. The topological polar surface area (TPSA) is 65.6 Å². The van der Waals surface area contributed by atoms with Gasteiger partial charge in [-0.1, -0.05) is 11.6 Å². The van der Waals surface area contributed by atoms with Gasteiger partial charge in [-0.25, -0.2) is 0 Å². The van der Waals surface area contributed by atoms with Crippen LogP contribution in [0.4, 0.5) is 0 Å². The molecule has 3 atom stereocenters. The molecule has 2 fully saturated rings. The van der Waals surface area contributed by atoms with E-state index < -0.39 is 0 Å². The summed E-state index contributed by atoms with van der Waals surface area (Å²) in [5.41, 5.74) is 4.76. The molecule has 1 aliphatic heterocycles. The van der Waals surface area contributed by atoms with E-state index in [1.807, 2.05) is 11.8 Å². The van der Waals surface area contributed by atoms with Crippen LogP contribution in [0.3, 0.4) is 0 Å². The maximum Gasteiger partial charge on any atom is 0.270 e. The van der Waals surface area contributed by atoms with Crippen LogP contribution in [0.15, 0.2) is 12.1 Å². The fraction of sp³-hybridized carbons (Fsp3) is 0.571. The summed E-state index contributed by atoms with van der Waals surface area (Å²) in [7, 11) is 1.74. The van der Waals surface area contributed by atoms with Crippen molar-refractivity contribution < 1.29 is 14.6 Å². The van der Waals surface area contributed by atoms with Crippen LogP contribution >= 0.6 is 0 Å². The second-order valence-electron chi connectivity index (χ2n) is 8.09. The molecule has 1 amide bonds. The van der Waals surface area contributed by atoms with Gasteiger partial charge in [0.25, 0.3) is 5.91 Å². The van der Waals surface area contributed by atoms with Crippen LogP contribution in [0.2, 0.25) is 0 Å². The Balaban J connectivity index is 1.73. The number of aliphatic hydroxyl groups excluding tert-OH is 1. The first-order valence-electron chi connectivity index (χ1n) is 9.50. The number of hydrogen-bond donors (Lipinski definition) is 2. The van der Waals surface area contributed by atoms with E-state index in [2.05, 4.69) is 31.0 Å². The van der Waals surface area contributed by atoms with Crippen molar-refractivity contribution in [1.82, 2.24) is 9.88 Å². The number of nitrogens with one attached hydrogen (secondary N) is 1. The number of rotatable bonds is 2. The lowest BCUT2D eigenvalue weighted by Gasteiger charge is -2.42. The Labute approximate surface area is 154 Å². The number of carbonyl (C=O) groups is 1. The minimum absolute atomic E-state index is 0.0220. The van der Waals surface area contributed by atoms with Crippen LogP contribution in [0.5, 0.6) is 0 Å². The van der Waals surface area contributed by atoms with Crippen molar-refractivity contribution in [2.45, 2.75) is 64.2 Å². The number of aryl methyl sites for hydroxylation is 3. The maximum absolute atomic E-state index is 13.4. The normalized spacial score (nSPS) is 28.6. The van der Waals surface area contributed by atoms with Gasteiger partial charge in [-0.3, -0.25) is 4.79 Å². The summed E-state index contributed by atoms with van der Waals surface area (Å²) in [4.78, 5) is 18.7. The monoisotopic (exact) mass is 356 g/mol. The molecule has 0 spiro atoms. The number of aliphatic hydroxyl groups is 1. The molecule has 2 heterocycles. The average molecular weight is 356 g/mol. The molecule has 5 nitrogen and oxygen atoms in total. The second kappa shape index (κ2) is 6.10. The Morgan fingerprint density at radius 3 is 2.81 bits per heavy atom. The lowest BCUT2D eigenvalue weighted by atomic mass is 9.79. The lowest BCUT2D eigenvalue weighted by Crippen LogP contribution is -2.52. The lowest BCUT2D eigenvalue weighted by molar-refractivity contribution is -0.0824. The Hall–Kier alpha value is -1.85. The highest BCUT2D eigenvalue weighted by Crippen LogP contribution is 2.43. The first-order valence-corrected chi connectivity index (χ1v) is 9.50. The van der Waals surface area contributed by atoms with Gasteiger partial charge >= 0.3 is 0 Å². The van der Waals surface area contributed by atoms with E-state index in [9.17, 15) is 9.90 Å². The number of H-pyrrole nitrogens is 1. The maximum atomic E-state index is 13.4. The Kier molecular flexibility index (Phi) is 4.12.